The number of carbonyl (C=O) groups is 1. The molecular weight excluding hydrogens is 146 g/mol. The van der Waals surface area contributed by atoms with Gasteiger partial charge in [-0.1, -0.05) is 0 Å². The Labute approximate surface area is 63.1 Å². The summed E-state index contributed by atoms with van der Waals surface area (Å²) in [7, 11) is 0. The van der Waals surface area contributed by atoms with Gasteiger partial charge in [-0.25, -0.2) is 9.78 Å². The third-order valence-electron chi connectivity index (χ3n) is 1.17. The van der Waals surface area contributed by atoms with Gasteiger partial charge in [0.05, 0.1) is 5.69 Å². The molecule has 1 N–H and O–H groups in total. The first-order chi connectivity index (χ1) is 5.11. The van der Waals surface area contributed by atoms with Gasteiger partial charge in [0.25, 0.3) is 0 Å². The quantitative estimate of drug-likeness (QED) is 0.623. The number of aromatic nitrogens is 3. The van der Waals surface area contributed by atoms with E-state index in [1.165, 1.54) is 0 Å². The number of rotatable bonds is 1. The lowest BCUT2D eigenvalue weighted by molar-refractivity contribution is 0.0687. The predicted molar refractivity (Wildman–Crippen MR) is 36.3 cm³/mol. The summed E-state index contributed by atoms with van der Waals surface area (Å²) in [5.41, 5.74) is 0.306. The maximum absolute atomic E-state index is 10.4. The topological polar surface area (TPSA) is 76.0 Å². The number of carboxylic acids is 1. The fourth-order valence-corrected chi connectivity index (χ4v) is 0.710. The van der Waals surface area contributed by atoms with Crippen molar-refractivity contribution >= 4 is 5.97 Å². The van der Waals surface area contributed by atoms with Crippen LogP contribution in [0.3, 0.4) is 0 Å². The molecule has 1 aromatic heterocycles. The average Bonchev–Trinajstić information content (AvgIpc) is 1.85. The summed E-state index contributed by atoms with van der Waals surface area (Å²) in [6, 6.07) is 0. The molecule has 0 unspecified atom stereocenters. The van der Waals surface area contributed by atoms with Crippen molar-refractivity contribution in [3.63, 3.8) is 0 Å². The Bertz CT molecular complexity index is 298. The van der Waals surface area contributed by atoms with Crippen molar-refractivity contribution in [1.82, 2.24) is 15.2 Å². The van der Waals surface area contributed by atoms with E-state index in [4.69, 9.17) is 5.11 Å². The number of aryl methyl sites for hydroxylation is 2. The molecule has 0 aliphatic rings. The second kappa shape index (κ2) is 2.61. The second-order valence-corrected chi connectivity index (χ2v) is 2.10. The Balaban J connectivity index is 3.20. The Morgan fingerprint density at radius 1 is 1.36 bits per heavy atom. The molecule has 0 amide bonds. The number of hydrogen-bond donors (Lipinski definition) is 1. The zero-order valence-corrected chi connectivity index (χ0v) is 6.20. The van der Waals surface area contributed by atoms with Crippen molar-refractivity contribution in [2.75, 3.05) is 0 Å². The standard InChI is InChI=1S/C6H7N3O2/c1-3-5(6(10)11)9-8-4(2)7-3/h1-2H3,(H,10,11). The highest BCUT2D eigenvalue weighted by Gasteiger charge is 2.09. The van der Waals surface area contributed by atoms with Crippen molar-refractivity contribution in [1.29, 1.82) is 0 Å². The van der Waals surface area contributed by atoms with Crippen LogP contribution in [0.2, 0.25) is 0 Å². The van der Waals surface area contributed by atoms with Crippen LogP contribution in [0.15, 0.2) is 0 Å². The first-order valence-electron chi connectivity index (χ1n) is 3.02. The minimum Gasteiger partial charge on any atom is -0.476 e. The SMILES string of the molecule is Cc1nnc(C(=O)O)c(C)n1. The van der Waals surface area contributed by atoms with Crippen LogP contribution in [-0.2, 0) is 0 Å². The summed E-state index contributed by atoms with van der Waals surface area (Å²) in [6.07, 6.45) is 0. The molecule has 0 aliphatic heterocycles. The second-order valence-electron chi connectivity index (χ2n) is 2.10. The number of aromatic carboxylic acids is 1. The van der Waals surface area contributed by atoms with E-state index in [0.717, 1.165) is 0 Å². The van der Waals surface area contributed by atoms with Gasteiger partial charge in [-0.2, -0.15) is 0 Å². The van der Waals surface area contributed by atoms with Crippen molar-refractivity contribution < 1.29 is 9.90 Å². The van der Waals surface area contributed by atoms with Crippen LogP contribution in [-0.4, -0.2) is 26.3 Å². The van der Waals surface area contributed by atoms with E-state index in [9.17, 15) is 4.79 Å². The van der Waals surface area contributed by atoms with Crippen molar-refractivity contribution in [3.05, 3.63) is 17.2 Å². The van der Waals surface area contributed by atoms with Crippen molar-refractivity contribution in [2.24, 2.45) is 0 Å². The van der Waals surface area contributed by atoms with Gasteiger partial charge in [0, 0.05) is 0 Å². The van der Waals surface area contributed by atoms with E-state index < -0.39 is 5.97 Å². The molecule has 0 spiro atoms. The summed E-state index contributed by atoms with van der Waals surface area (Å²) in [6.45, 7) is 3.25. The monoisotopic (exact) mass is 153 g/mol. The highest BCUT2D eigenvalue weighted by molar-refractivity contribution is 5.86. The van der Waals surface area contributed by atoms with E-state index in [-0.39, 0.29) is 5.69 Å². The van der Waals surface area contributed by atoms with Crippen LogP contribution < -0.4 is 0 Å². The first kappa shape index (κ1) is 7.59. The number of nitrogens with zero attached hydrogens (tertiary/aromatic N) is 3. The Hall–Kier alpha value is -1.52. The van der Waals surface area contributed by atoms with E-state index in [1.807, 2.05) is 0 Å². The first-order valence-corrected chi connectivity index (χ1v) is 3.02. The lowest BCUT2D eigenvalue weighted by Crippen LogP contribution is -2.08. The van der Waals surface area contributed by atoms with E-state index in [2.05, 4.69) is 15.2 Å². The molecule has 0 radical (unpaired) electrons. The summed E-state index contributed by atoms with van der Waals surface area (Å²) in [4.78, 5) is 14.2. The lowest BCUT2D eigenvalue weighted by atomic mass is 10.3. The Morgan fingerprint density at radius 3 is 2.45 bits per heavy atom. The molecule has 58 valence electrons. The fraction of sp³-hybridized carbons (Fsp3) is 0.333. The largest absolute Gasteiger partial charge is 0.476 e. The Kier molecular flexibility index (Phi) is 1.80. The minimum atomic E-state index is -1.09. The van der Waals surface area contributed by atoms with Gasteiger partial charge < -0.3 is 5.11 Å². The molecule has 1 rings (SSSR count). The van der Waals surface area contributed by atoms with Gasteiger partial charge in [-0.05, 0) is 13.8 Å². The van der Waals surface area contributed by atoms with Gasteiger partial charge >= 0.3 is 5.97 Å². The van der Waals surface area contributed by atoms with Gasteiger partial charge in [-0.3, -0.25) is 0 Å². The number of hydrogen-bond acceptors (Lipinski definition) is 4. The van der Waals surface area contributed by atoms with Crippen molar-refractivity contribution in [2.45, 2.75) is 13.8 Å². The molecule has 0 bridgehead atoms. The smallest absolute Gasteiger partial charge is 0.358 e. The Morgan fingerprint density at radius 2 is 2.00 bits per heavy atom. The van der Waals surface area contributed by atoms with E-state index >= 15 is 0 Å². The fourth-order valence-electron chi connectivity index (χ4n) is 0.710. The van der Waals surface area contributed by atoms with Crippen LogP contribution in [0.4, 0.5) is 0 Å². The predicted octanol–water partition coefficient (Wildman–Crippen LogP) is 0.187. The van der Waals surface area contributed by atoms with Crippen LogP contribution in [0.25, 0.3) is 0 Å². The van der Waals surface area contributed by atoms with Crippen LogP contribution in [0.5, 0.6) is 0 Å². The molecule has 0 saturated heterocycles. The van der Waals surface area contributed by atoms with Crippen LogP contribution in [0.1, 0.15) is 22.0 Å². The number of carboxylic acid groups (broad SMARTS) is 1. The molecular formula is C6H7N3O2. The molecule has 5 nitrogen and oxygen atoms in total. The molecule has 5 heteroatoms. The molecule has 1 heterocycles. The van der Waals surface area contributed by atoms with Gasteiger partial charge in [0.15, 0.2) is 5.69 Å². The molecule has 0 fully saturated rings. The maximum atomic E-state index is 10.4. The average molecular weight is 153 g/mol. The van der Waals surface area contributed by atoms with Crippen LogP contribution in [0, 0.1) is 13.8 Å². The third-order valence-corrected chi connectivity index (χ3v) is 1.17. The molecule has 1 aromatic rings. The minimum absolute atomic E-state index is 0.0874. The van der Waals surface area contributed by atoms with Gasteiger partial charge in [0.2, 0.25) is 0 Å². The molecule has 0 aromatic carbocycles. The summed E-state index contributed by atoms with van der Waals surface area (Å²) < 4.78 is 0. The van der Waals surface area contributed by atoms with Crippen molar-refractivity contribution in [3.8, 4) is 0 Å². The highest BCUT2D eigenvalue weighted by atomic mass is 16.4. The van der Waals surface area contributed by atoms with E-state index in [1.54, 1.807) is 13.8 Å². The summed E-state index contributed by atoms with van der Waals surface area (Å²) in [5, 5.41) is 15.5. The molecule has 0 atom stereocenters. The molecule has 0 saturated carbocycles. The van der Waals surface area contributed by atoms with E-state index in [0.29, 0.717) is 11.5 Å². The van der Waals surface area contributed by atoms with Gasteiger partial charge in [0.1, 0.15) is 5.82 Å². The maximum Gasteiger partial charge on any atom is 0.358 e. The molecule has 0 aliphatic carbocycles. The zero-order chi connectivity index (χ0) is 8.43. The van der Waals surface area contributed by atoms with Gasteiger partial charge in [-0.15, -0.1) is 10.2 Å². The third kappa shape index (κ3) is 1.49. The summed E-state index contributed by atoms with van der Waals surface area (Å²) >= 11 is 0. The molecule has 11 heavy (non-hydrogen) atoms. The highest BCUT2D eigenvalue weighted by Crippen LogP contribution is 1.98. The van der Waals surface area contributed by atoms with Crippen LogP contribution >= 0.6 is 0 Å². The lowest BCUT2D eigenvalue weighted by Gasteiger charge is -1.96. The zero-order valence-electron chi connectivity index (χ0n) is 6.20. The normalized spacial score (nSPS) is 9.64. The summed E-state index contributed by atoms with van der Waals surface area (Å²) in [5.74, 6) is -0.616.